The van der Waals surface area contributed by atoms with E-state index in [1.54, 1.807) is 6.92 Å². The molecule has 0 aromatic heterocycles. The smallest absolute Gasteiger partial charge is 1.00 e. The molecule has 0 aromatic carbocycles. The molecule has 4 nitrogen and oxygen atoms in total. The van der Waals surface area contributed by atoms with Crippen molar-refractivity contribution in [2.24, 2.45) is 11.8 Å². The zero-order valence-corrected chi connectivity index (χ0v) is 12.8. The van der Waals surface area contributed by atoms with Crippen LogP contribution < -0.4 is 51.4 Å². The van der Waals surface area contributed by atoms with Crippen LogP contribution in [-0.2, 0) is 9.59 Å². The van der Waals surface area contributed by atoms with Crippen molar-refractivity contribution in [1.29, 1.82) is 0 Å². The average Bonchev–Trinajstić information content (AvgIpc) is 2.03. The fourth-order valence-corrected chi connectivity index (χ4v) is 1.48. The second-order valence-corrected chi connectivity index (χ2v) is 3.63. The van der Waals surface area contributed by atoms with Gasteiger partial charge in [-0.15, -0.1) is 0 Å². The van der Waals surface area contributed by atoms with Crippen molar-refractivity contribution in [1.82, 2.24) is 0 Å². The molecule has 0 aromatic rings. The first-order valence-electron chi connectivity index (χ1n) is 4.96. The summed E-state index contributed by atoms with van der Waals surface area (Å²) in [4.78, 5) is 21.3. The fraction of sp³-hybridized carbons (Fsp3) is 0.800. The maximum absolute atomic E-state index is 10.6. The van der Waals surface area contributed by atoms with Crippen molar-refractivity contribution >= 4 is 11.9 Å². The minimum Gasteiger partial charge on any atom is -1.00 e. The van der Waals surface area contributed by atoms with Gasteiger partial charge in [0, 0.05) is 0 Å². The summed E-state index contributed by atoms with van der Waals surface area (Å²) in [5, 5.41) is 17.4. The van der Waals surface area contributed by atoms with Crippen LogP contribution in [0.1, 0.15) is 41.0 Å². The third-order valence-electron chi connectivity index (χ3n) is 2.36. The normalized spacial score (nSPS) is 11.9. The summed E-state index contributed by atoms with van der Waals surface area (Å²) in [5.41, 5.74) is 0. The Hall–Kier alpha value is 0.576. The van der Waals surface area contributed by atoms with E-state index in [1.807, 2.05) is 0 Å². The summed E-state index contributed by atoms with van der Waals surface area (Å²) in [6.07, 6.45) is 3.64. The van der Waals surface area contributed by atoms with Crippen LogP contribution in [0.5, 0.6) is 0 Å². The first kappa shape index (κ1) is 18.0. The van der Waals surface area contributed by atoms with Crippen molar-refractivity contribution in [3.05, 3.63) is 0 Å². The van der Waals surface area contributed by atoms with Crippen LogP contribution in [-0.4, -0.2) is 22.2 Å². The molecule has 0 spiro atoms. The molecule has 0 bridgehead atoms. The summed E-state index contributed by atoms with van der Waals surface area (Å²) in [5.74, 6) is -4.02. The Labute approximate surface area is 134 Å². The van der Waals surface area contributed by atoms with Crippen LogP contribution in [0, 0.1) is 11.8 Å². The quantitative estimate of drug-likeness (QED) is 0.345. The Morgan fingerprint density at radius 3 is 2.00 bits per heavy atom. The number of rotatable bonds is 7. The zero-order chi connectivity index (χ0) is 11.1. The molecule has 0 radical (unpaired) electrons. The molecule has 0 amide bonds. The molecule has 1 atom stereocenters. The van der Waals surface area contributed by atoms with Gasteiger partial charge in [-0.2, -0.15) is 0 Å². The summed E-state index contributed by atoms with van der Waals surface area (Å²) >= 11 is 0. The number of hydrogen-bond acceptors (Lipinski definition) is 2. The number of carbonyl (C=O) groups is 2. The van der Waals surface area contributed by atoms with E-state index < -0.39 is 17.9 Å². The minimum absolute atomic E-state index is 0. The fourth-order valence-electron chi connectivity index (χ4n) is 1.48. The van der Waals surface area contributed by atoms with Crippen molar-refractivity contribution in [3.8, 4) is 0 Å². The van der Waals surface area contributed by atoms with Gasteiger partial charge < -0.3 is 11.6 Å². The van der Waals surface area contributed by atoms with Gasteiger partial charge in [0.1, 0.15) is 0 Å². The first-order chi connectivity index (χ1) is 6.50. The molecular formula is C10H19KO4. The molecule has 5 heteroatoms. The average molecular weight is 242 g/mol. The predicted molar refractivity (Wildman–Crippen MR) is 53.2 cm³/mol. The van der Waals surface area contributed by atoms with Crippen molar-refractivity contribution < 1.29 is 72.6 Å². The second-order valence-electron chi connectivity index (χ2n) is 3.63. The van der Waals surface area contributed by atoms with E-state index >= 15 is 0 Å². The molecule has 0 rings (SSSR count). The van der Waals surface area contributed by atoms with Gasteiger partial charge in [0.2, 0.25) is 0 Å². The van der Waals surface area contributed by atoms with E-state index in [9.17, 15) is 9.59 Å². The molecule has 2 N–H and O–H groups in total. The maximum Gasteiger partial charge on any atom is 1.00 e. The second kappa shape index (κ2) is 9.78. The van der Waals surface area contributed by atoms with Crippen LogP contribution >= 0.6 is 0 Å². The van der Waals surface area contributed by atoms with Gasteiger partial charge in [0.25, 0.3) is 0 Å². The van der Waals surface area contributed by atoms with Gasteiger partial charge in [-0.25, -0.2) is 0 Å². The first-order valence-corrected chi connectivity index (χ1v) is 4.96. The zero-order valence-electron chi connectivity index (χ0n) is 10.7. The Morgan fingerprint density at radius 2 is 1.67 bits per heavy atom. The van der Waals surface area contributed by atoms with Crippen molar-refractivity contribution in [2.75, 3.05) is 0 Å². The van der Waals surface area contributed by atoms with E-state index in [0.29, 0.717) is 6.42 Å². The van der Waals surface area contributed by atoms with E-state index in [1.165, 1.54) is 0 Å². The Kier molecular flexibility index (Phi) is 11.7. The molecule has 0 aliphatic carbocycles. The largest absolute Gasteiger partial charge is 1.00 e. The third-order valence-corrected chi connectivity index (χ3v) is 2.36. The Bertz CT molecular complexity index is 197. The van der Waals surface area contributed by atoms with Gasteiger partial charge >= 0.3 is 63.3 Å². The van der Waals surface area contributed by atoms with E-state index in [2.05, 4.69) is 6.92 Å². The molecule has 1 unspecified atom stereocenters. The van der Waals surface area contributed by atoms with Crippen molar-refractivity contribution in [2.45, 2.75) is 39.5 Å². The number of aliphatic carboxylic acids is 2. The van der Waals surface area contributed by atoms with Crippen LogP contribution in [0.15, 0.2) is 0 Å². The number of hydrogen-bond donors (Lipinski definition) is 2. The minimum atomic E-state index is -1.26. The van der Waals surface area contributed by atoms with Gasteiger partial charge in [0.05, 0.1) is 0 Å². The van der Waals surface area contributed by atoms with Crippen LogP contribution in [0.2, 0.25) is 0 Å². The number of carboxylic acid groups (broad SMARTS) is 2. The molecular weight excluding hydrogens is 223 g/mol. The molecule has 0 fully saturated rings. The summed E-state index contributed by atoms with van der Waals surface area (Å²) in [7, 11) is 0. The molecule has 84 valence electrons. The van der Waals surface area contributed by atoms with Crippen LogP contribution in [0.4, 0.5) is 0 Å². The molecule has 0 aliphatic heterocycles. The molecule has 0 saturated carbocycles. The SMILES string of the molecule is CCCCCC(C)C(C(=O)O)C(=O)O.[H-].[K+]. The summed E-state index contributed by atoms with van der Waals surface area (Å²) in [6.45, 7) is 3.74. The van der Waals surface area contributed by atoms with E-state index in [-0.39, 0.29) is 58.7 Å². The molecule has 0 heterocycles. The van der Waals surface area contributed by atoms with Gasteiger partial charge in [-0.05, 0) is 12.3 Å². The Morgan fingerprint density at radius 1 is 1.20 bits per heavy atom. The van der Waals surface area contributed by atoms with Crippen LogP contribution in [0.25, 0.3) is 0 Å². The maximum atomic E-state index is 10.6. The van der Waals surface area contributed by atoms with Crippen molar-refractivity contribution in [3.63, 3.8) is 0 Å². The van der Waals surface area contributed by atoms with E-state index in [4.69, 9.17) is 10.2 Å². The molecule has 15 heavy (non-hydrogen) atoms. The standard InChI is InChI=1S/C10H18O4.K.H/c1-3-4-5-6-7(2)8(9(11)12)10(13)14;;/h7-8H,3-6H2,1-2H3,(H,11,12)(H,13,14);;/q;+1;-1. The topological polar surface area (TPSA) is 74.6 Å². The third kappa shape index (κ3) is 7.46. The van der Waals surface area contributed by atoms with E-state index in [0.717, 1.165) is 19.3 Å². The predicted octanol–water partition coefficient (Wildman–Crippen LogP) is -0.895. The molecule has 0 saturated heterocycles. The van der Waals surface area contributed by atoms with Gasteiger partial charge in [0.15, 0.2) is 5.92 Å². The van der Waals surface area contributed by atoms with Crippen LogP contribution in [0.3, 0.4) is 0 Å². The summed E-state index contributed by atoms with van der Waals surface area (Å²) < 4.78 is 0. The molecule has 0 aliphatic rings. The van der Waals surface area contributed by atoms with Gasteiger partial charge in [-0.1, -0.05) is 33.1 Å². The van der Waals surface area contributed by atoms with Gasteiger partial charge in [-0.3, -0.25) is 9.59 Å². The summed E-state index contributed by atoms with van der Waals surface area (Å²) in [6, 6.07) is 0. The number of carboxylic acids is 2. The monoisotopic (exact) mass is 242 g/mol. The number of unbranched alkanes of at least 4 members (excludes halogenated alkanes) is 2. The Balaban J connectivity index is -0.000000845.